The number of benzene rings is 1. The van der Waals surface area contributed by atoms with E-state index in [9.17, 15) is 4.79 Å². The highest BCUT2D eigenvalue weighted by Gasteiger charge is 2.28. The minimum Gasteiger partial charge on any atom is -0.345 e. The Morgan fingerprint density at radius 3 is 2.23 bits per heavy atom. The first-order valence-corrected chi connectivity index (χ1v) is 7.25. The Bertz CT molecular complexity index is 610. The topological polar surface area (TPSA) is 87.1 Å². The molecule has 1 amide bonds. The van der Waals surface area contributed by atoms with Gasteiger partial charge in [-0.1, -0.05) is 44.2 Å². The molecule has 0 radical (unpaired) electrons. The van der Waals surface area contributed by atoms with Gasteiger partial charge in [0.2, 0.25) is 5.95 Å². The maximum atomic E-state index is 11.3. The molecule has 6 nitrogen and oxygen atoms in total. The van der Waals surface area contributed by atoms with E-state index in [1.165, 1.54) is 18.0 Å². The number of rotatable bonds is 6. The first kappa shape index (κ1) is 15.9. The van der Waals surface area contributed by atoms with Crippen LogP contribution in [0.2, 0.25) is 0 Å². The first-order valence-electron chi connectivity index (χ1n) is 7.25. The molecular formula is C16H20N4O2. The molecule has 0 unspecified atom stereocenters. The number of amides is 1. The summed E-state index contributed by atoms with van der Waals surface area (Å²) in [6.07, 6.45) is 4.50. The summed E-state index contributed by atoms with van der Waals surface area (Å²) in [6, 6.07) is 10.2. The van der Waals surface area contributed by atoms with E-state index >= 15 is 0 Å². The van der Waals surface area contributed by atoms with Gasteiger partial charge in [0.1, 0.15) is 0 Å². The van der Waals surface area contributed by atoms with Gasteiger partial charge in [0.25, 0.3) is 5.91 Å². The molecule has 0 fully saturated rings. The van der Waals surface area contributed by atoms with E-state index in [-0.39, 0.29) is 11.1 Å². The standard InChI is InChI=1S/C16H20N4O2/c1-3-16(4-2,13-8-6-5-7-9-13)19-15-17-10-12(11-18-15)14(21)20-22/h5-11,22H,3-4H2,1-2H3,(H,20,21)(H,17,18,19). The van der Waals surface area contributed by atoms with Crippen molar-refractivity contribution in [1.29, 1.82) is 0 Å². The van der Waals surface area contributed by atoms with Crippen LogP contribution < -0.4 is 10.8 Å². The predicted octanol–water partition coefficient (Wildman–Crippen LogP) is 2.72. The van der Waals surface area contributed by atoms with E-state index < -0.39 is 5.91 Å². The van der Waals surface area contributed by atoms with Crippen molar-refractivity contribution in [1.82, 2.24) is 15.4 Å². The molecule has 0 aliphatic rings. The normalized spacial score (nSPS) is 11.0. The quantitative estimate of drug-likeness (QED) is 0.564. The van der Waals surface area contributed by atoms with Crippen LogP contribution in [0.5, 0.6) is 0 Å². The molecule has 0 aliphatic carbocycles. The lowest BCUT2D eigenvalue weighted by Crippen LogP contribution is -2.34. The van der Waals surface area contributed by atoms with Crippen molar-refractivity contribution in [2.24, 2.45) is 0 Å². The second-order valence-corrected chi connectivity index (χ2v) is 5.02. The summed E-state index contributed by atoms with van der Waals surface area (Å²) in [5, 5.41) is 12.0. The lowest BCUT2D eigenvalue weighted by molar-refractivity contribution is 0.0705. The molecule has 22 heavy (non-hydrogen) atoms. The third-order valence-electron chi connectivity index (χ3n) is 3.90. The van der Waals surface area contributed by atoms with Crippen molar-refractivity contribution in [3.8, 4) is 0 Å². The predicted molar refractivity (Wildman–Crippen MR) is 83.6 cm³/mol. The van der Waals surface area contributed by atoms with Gasteiger partial charge in [0.05, 0.1) is 11.1 Å². The van der Waals surface area contributed by atoms with Crippen LogP contribution in [0.1, 0.15) is 42.6 Å². The number of nitrogens with one attached hydrogen (secondary N) is 2. The molecule has 1 aromatic carbocycles. The molecule has 2 rings (SSSR count). The van der Waals surface area contributed by atoms with Gasteiger partial charge in [0.15, 0.2) is 0 Å². The number of hydrogen-bond donors (Lipinski definition) is 3. The lowest BCUT2D eigenvalue weighted by atomic mass is 9.85. The molecule has 3 N–H and O–H groups in total. The highest BCUT2D eigenvalue weighted by Crippen LogP contribution is 2.31. The van der Waals surface area contributed by atoms with E-state index in [4.69, 9.17) is 5.21 Å². The number of nitrogens with zero attached hydrogens (tertiary/aromatic N) is 2. The van der Waals surface area contributed by atoms with E-state index in [2.05, 4.69) is 41.3 Å². The Morgan fingerprint density at radius 1 is 1.14 bits per heavy atom. The second kappa shape index (κ2) is 7.00. The number of hydrogen-bond acceptors (Lipinski definition) is 5. The van der Waals surface area contributed by atoms with E-state index in [0.717, 1.165) is 12.8 Å². The van der Waals surface area contributed by atoms with E-state index in [1.54, 1.807) is 5.48 Å². The summed E-state index contributed by atoms with van der Waals surface area (Å²) < 4.78 is 0. The zero-order valence-corrected chi connectivity index (χ0v) is 12.7. The Morgan fingerprint density at radius 2 is 1.73 bits per heavy atom. The van der Waals surface area contributed by atoms with E-state index in [1.807, 2.05) is 18.2 Å². The minimum atomic E-state index is -0.633. The fourth-order valence-electron chi connectivity index (χ4n) is 2.45. The Kier molecular flexibility index (Phi) is 5.06. The van der Waals surface area contributed by atoms with Gasteiger partial charge in [-0.25, -0.2) is 15.4 Å². The molecule has 1 heterocycles. The van der Waals surface area contributed by atoms with Crippen molar-refractivity contribution in [2.45, 2.75) is 32.2 Å². The Hall–Kier alpha value is -2.47. The van der Waals surface area contributed by atoms with Crippen LogP contribution in [0.4, 0.5) is 5.95 Å². The highest BCUT2D eigenvalue weighted by molar-refractivity contribution is 5.92. The molecule has 0 atom stereocenters. The SMILES string of the molecule is CCC(CC)(Nc1ncc(C(=O)NO)cn1)c1ccccc1. The number of carbonyl (C=O) groups is 1. The third kappa shape index (κ3) is 3.23. The summed E-state index contributed by atoms with van der Waals surface area (Å²) in [6.45, 7) is 4.22. The van der Waals surface area contributed by atoms with Crippen molar-refractivity contribution in [3.63, 3.8) is 0 Å². The van der Waals surface area contributed by atoms with Crippen molar-refractivity contribution >= 4 is 11.9 Å². The van der Waals surface area contributed by atoms with Crippen molar-refractivity contribution < 1.29 is 10.0 Å². The van der Waals surface area contributed by atoms with Gasteiger partial charge < -0.3 is 5.32 Å². The van der Waals surface area contributed by atoms with Crippen molar-refractivity contribution in [2.75, 3.05) is 5.32 Å². The molecule has 2 aromatic rings. The molecule has 1 aromatic heterocycles. The van der Waals surface area contributed by atoms with Gasteiger partial charge in [-0.3, -0.25) is 10.0 Å². The zero-order chi connectivity index (χ0) is 16.0. The van der Waals surface area contributed by atoms with Crippen LogP contribution in [0.15, 0.2) is 42.7 Å². The van der Waals surface area contributed by atoms with Gasteiger partial charge >= 0.3 is 0 Å². The van der Waals surface area contributed by atoms with Crippen LogP contribution in [0, 0.1) is 0 Å². The number of aromatic nitrogens is 2. The molecule has 0 saturated heterocycles. The van der Waals surface area contributed by atoms with Crippen molar-refractivity contribution in [3.05, 3.63) is 53.9 Å². The lowest BCUT2D eigenvalue weighted by Gasteiger charge is -2.33. The fraction of sp³-hybridized carbons (Fsp3) is 0.312. The zero-order valence-electron chi connectivity index (χ0n) is 12.7. The van der Waals surface area contributed by atoms with Crippen LogP contribution in [-0.4, -0.2) is 21.1 Å². The van der Waals surface area contributed by atoms with Gasteiger partial charge in [0, 0.05) is 12.4 Å². The smallest absolute Gasteiger partial charge is 0.277 e. The van der Waals surface area contributed by atoms with E-state index in [0.29, 0.717) is 5.95 Å². The molecule has 0 saturated carbocycles. The molecule has 116 valence electrons. The first-order chi connectivity index (χ1) is 10.6. The largest absolute Gasteiger partial charge is 0.345 e. The second-order valence-electron chi connectivity index (χ2n) is 5.02. The van der Waals surface area contributed by atoms with Gasteiger partial charge in [-0.05, 0) is 18.4 Å². The average Bonchev–Trinajstić information content (AvgIpc) is 2.60. The number of anilines is 1. The monoisotopic (exact) mass is 300 g/mol. The molecule has 0 spiro atoms. The fourth-order valence-corrected chi connectivity index (χ4v) is 2.45. The van der Waals surface area contributed by atoms with Crippen LogP contribution in [0.25, 0.3) is 0 Å². The maximum absolute atomic E-state index is 11.3. The highest BCUT2D eigenvalue weighted by atomic mass is 16.5. The number of hydroxylamine groups is 1. The van der Waals surface area contributed by atoms with Crippen LogP contribution in [-0.2, 0) is 5.54 Å². The minimum absolute atomic E-state index is 0.200. The summed E-state index contributed by atoms with van der Waals surface area (Å²) in [5.74, 6) is -0.186. The van der Waals surface area contributed by atoms with Crippen LogP contribution >= 0.6 is 0 Å². The maximum Gasteiger partial charge on any atom is 0.277 e. The summed E-state index contributed by atoms with van der Waals surface area (Å²) in [4.78, 5) is 19.6. The molecule has 6 heteroatoms. The Balaban J connectivity index is 2.27. The summed E-state index contributed by atoms with van der Waals surface area (Å²) >= 11 is 0. The summed E-state index contributed by atoms with van der Waals surface area (Å²) in [7, 11) is 0. The number of carbonyl (C=O) groups excluding carboxylic acids is 1. The molecule has 0 aliphatic heterocycles. The molecular weight excluding hydrogens is 280 g/mol. The summed E-state index contributed by atoms with van der Waals surface area (Å²) in [5.41, 5.74) is 2.66. The molecule has 0 bridgehead atoms. The van der Waals surface area contributed by atoms with Crippen LogP contribution in [0.3, 0.4) is 0 Å². The third-order valence-corrected chi connectivity index (χ3v) is 3.90. The van der Waals surface area contributed by atoms with Gasteiger partial charge in [-0.15, -0.1) is 0 Å². The van der Waals surface area contributed by atoms with Gasteiger partial charge in [-0.2, -0.15) is 0 Å². The Labute approximate surface area is 129 Å². The average molecular weight is 300 g/mol.